The smallest absolute Gasteiger partial charge is 0.255 e. The number of likely N-dealkylation sites (tertiary alicyclic amines) is 1. The number of ether oxygens (including phenoxy) is 1. The molecule has 1 saturated carbocycles. The quantitative estimate of drug-likeness (QED) is 0.781. The zero-order chi connectivity index (χ0) is 12.5. The first-order valence-electron chi connectivity index (χ1n) is 6.36. The van der Waals surface area contributed by atoms with Crippen LogP contribution in [0.15, 0.2) is 18.5 Å². The molecule has 18 heavy (non-hydrogen) atoms. The van der Waals surface area contributed by atoms with Crippen LogP contribution in [-0.2, 0) is 4.74 Å². The lowest BCUT2D eigenvalue weighted by Crippen LogP contribution is -2.30. The molecule has 5 nitrogen and oxygen atoms in total. The van der Waals surface area contributed by atoms with E-state index in [-0.39, 0.29) is 5.91 Å². The van der Waals surface area contributed by atoms with Crippen molar-refractivity contribution < 1.29 is 9.53 Å². The molecule has 2 aliphatic rings. The number of aromatic nitrogens is 2. The van der Waals surface area contributed by atoms with Gasteiger partial charge in [0.15, 0.2) is 0 Å². The molecule has 2 fully saturated rings. The monoisotopic (exact) mass is 247 g/mol. The highest BCUT2D eigenvalue weighted by molar-refractivity contribution is 5.94. The Labute approximate surface area is 106 Å². The topological polar surface area (TPSA) is 55.3 Å². The van der Waals surface area contributed by atoms with Gasteiger partial charge in [-0.15, -0.1) is 0 Å². The molecule has 0 bridgehead atoms. The normalized spacial score (nSPS) is 30.5. The van der Waals surface area contributed by atoms with Crippen LogP contribution in [0.25, 0.3) is 0 Å². The van der Waals surface area contributed by atoms with E-state index in [0.29, 0.717) is 23.5 Å². The molecule has 1 amide bonds. The number of hydrogen-bond acceptors (Lipinski definition) is 4. The van der Waals surface area contributed by atoms with Crippen molar-refractivity contribution in [2.45, 2.75) is 18.9 Å². The number of rotatable bonds is 2. The van der Waals surface area contributed by atoms with Crippen LogP contribution in [0.2, 0.25) is 0 Å². The van der Waals surface area contributed by atoms with Crippen molar-refractivity contribution in [2.75, 3.05) is 20.2 Å². The van der Waals surface area contributed by atoms with Gasteiger partial charge in [-0.2, -0.15) is 10.2 Å². The molecule has 0 radical (unpaired) electrons. The fourth-order valence-electron chi connectivity index (χ4n) is 3.20. The molecule has 1 unspecified atom stereocenters. The second-order valence-electron chi connectivity index (χ2n) is 5.19. The number of hydrogen-bond donors (Lipinski definition) is 0. The van der Waals surface area contributed by atoms with Gasteiger partial charge in [0.05, 0.1) is 24.1 Å². The fraction of sp³-hybridized carbons (Fsp3) is 0.615. The summed E-state index contributed by atoms with van der Waals surface area (Å²) in [5, 5.41) is 7.45. The van der Waals surface area contributed by atoms with E-state index in [9.17, 15) is 4.79 Å². The molecule has 3 atom stereocenters. The Morgan fingerprint density at radius 2 is 2.06 bits per heavy atom. The van der Waals surface area contributed by atoms with Crippen LogP contribution in [0.4, 0.5) is 0 Å². The minimum Gasteiger partial charge on any atom is -0.381 e. The lowest BCUT2D eigenvalue weighted by Gasteiger charge is -2.18. The van der Waals surface area contributed by atoms with Gasteiger partial charge in [-0.1, -0.05) is 0 Å². The van der Waals surface area contributed by atoms with Gasteiger partial charge < -0.3 is 9.64 Å². The average Bonchev–Trinajstić information content (AvgIpc) is 2.96. The molecular formula is C13H17N3O2. The molecular weight excluding hydrogens is 230 g/mol. The number of methoxy groups -OCH3 is 1. The summed E-state index contributed by atoms with van der Waals surface area (Å²) >= 11 is 0. The van der Waals surface area contributed by atoms with Gasteiger partial charge in [0.2, 0.25) is 0 Å². The first-order valence-corrected chi connectivity index (χ1v) is 6.36. The highest BCUT2D eigenvalue weighted by Crippen LogP contribution is 2.39. The van der Waals surface area contributed by atoms with E-state index in [1.165, 1.54) is 6.20 Å². The van der Waals surface area contributed by atoms with E-state index in [0.717, 1.165) is 25.9 Å². The Morgan fingerprint density at radius 3 is 2.61 bits per heavy atom. The van der Waals surface area contributed by atoms with E-state index in [1.807, 2.05) is 4.90 Å². The van der Waals surface area contributed by atoms with Crippen molar-refractivity contribution in [1.29, 1.82) is 0 Å². The molecule has 1 aromatic rings. The maximum atomic E-state index is 12.3. The molecule has 5 heteroatoms. The number of fused-ring (bicyclic) bond motifs is 1. The Kier molecular flexibility index (Phi) is 2.99. The summed E-state index contributed by atoms with van der Waals surface area (Å²) in [7, 11) is 1.78. The maximum absolute atomic E-state index is 12.3. The lowest BCUT2D eigenvalue weighted by molar-refractivity contribution is 0.0731. The average molecular weight is 247 g/mol. The highest BCUT2D eigenvalue weighted by atomic mass is 16.5. The zero-order valence-electron chi connectivity index (χ0n) is 10.5. The number of carbonyl (C=O) groups excluding carboxylic acids is 1. The van der Waals surface area contributed by atoms with Gasteiger partial charge in [0, 0.05) is 20.2 Å². The van der Waals surface area contributed by atoms with Gasteiger partial charge in [-0.3, -0.25) is 4.79 Å². The van der Waals surface area contributed by atoms with Gasteiger partial charge in [0.1, 0.15) is 0 Å². The molecule has 3 rings (SSSR count). The number of nitrogens with zero attached hydrogens (tertiary/aromatic N) is 3. The summed E-state index contributed by atoms with van der Waals surface area (Å²) in [6, 6.07) is 1.72. The minimum atomic E-state index is 0.0771. The largest absolute Gasteiger partial charge is 0.381 e. The SMILES string of the molecule is COC1C[C@@H]2CN(C(=O)c3ccnnc3)C[C@@H]2C1. The summed E-state index contributed by atoms with van der Waals surface area (Å²) in [6.45, 7) is 1.71. The maximum Gasteiger partial charge on any atom is 0.255 e. The van der Waals surface area contributed by atoms with Gasteiger partial charge >= 0.3 is 0 Å². The number of amides is 1. The van der Waals surface area contributed by atoms with Crippen molar-refractivity contribution in [3.63, 3.8) is 0 Å². The van der Waals surface area contributed by atoms with Gasteiger partial charge in [-0.05, 0) is 30.7 Å². The summed E-state index contributed by atoms with van der Waals surface area (Å²) in [4.78, 5) is 14.2. The van der Waals surface area contributed by atoms with E-state index >= 15 is 0 Å². The molecule has 1 aromatic heterocycles. The second kappa shape index (κ2) is 4.65. The van der Waals surface area contributed by atoms with Crippen molar-refractivity contribution in [2.24, 2.45) is 11.8 Å². The first-order chi connectivity index (χ1) is 8.78. The summed E-state index contributed by atoms with van der Waals surface area (Å²) in [5.74, 6) is 1.29. The van der Waals surface area contributed by atoms with Crippen molar-refractivity contribution in [1.82, 2.24) is 15.1 Å². The predicted octanol–water partition coefficient (Wildman–Crippen LogP) is 0.974. The first kappa shape index (κ1) is 11.6. The van der Waals surface area contributed by atoms with E-state index in [2.05, 4.69) is 10.2 Å². The van der Waals surface area contributed by atoms with Crippen molar-refractivity contribution in [3.8, 4) is 0 Å². The van der Waals surface area contributed by atoms with Crippen LogP contribution in [0.1, 0.15) is 23.2 Å². The summed E-state index contributed by atoms with van der Waals surface area (Å²) in [5.41, 5.74) is 0.633. The van der Waals surface area contributed by atoms with Crippen LogP contribution < -0.4 is 0 Å². The highest BCUT2D eigenvalue weighted by Gasteiger charge is 2.42. The Hall–Kier alpha value is -1.49. The molecule has 0 N–H and O–H groups in total. The van der Waals surface area contributed by atoms with Crippen LogP contribution in [-0.4, -0.2) is 47.3 Å². The fourth-order valence-corrected chi connectivity index (χ4v) is 3.20. The molecule has 0 spiro atoms. The molecule has 2 heterocycles. The third-order valence-electron chi connectivity index (χ3n) is 4.16. The van der Waals surface area contributed by atoms with Gasteiger partial charge in [0.25, 0.3) is 5.91 Å². The zero-order valence-corrected chi connectivity index (χ0v) is 10.5. The minimum absolute atomic E-state index is 0.0771. The summed E-state index contributed by atoms with van der Waals surface area (Å²) in [6.07, 6.45) is 5.65. The second-order valence-corrected chi connectivity index (χ2v) is 5.19. The predicted molar refractivity (Wildman–Crippen MR) is 64.9 cm³/mol. The molecule has 1 aliphatic carbocycles. The van der Waals surface area contributed by atoms with Crippen LogP contribution in [0, 0.1) is 11.8 Å². The third-order valence-corrected chi connectivity index (χ3v) is 4.16. The van der Waals surface area contributed by atoms with Crippen molar-refractivity contribution in [3.05, 3.63) is 24.0 Å². The summed E-state index contributed by atoms with van der Waals surface area (Å²) < 4.78 is 5.41. The lowest BCUT2D eigenvalue weighted by atomic mass is 10.0. The Balaban J connectivity index is 1.66. The van der Waals surface area contributed by atoms with Crippen molar-refractivity contribution >= 4 is 5.91 Å². The molecule has 0 aromatic carbocycles. The van der Waals surface area contributed by atoms with Crippen LogP contribution >= 0.6 is 0 Å². The third kappa shape index (κ3) is 1.99. The van der Waals surface area contributed by atoms with E-state index in [1.54, 1.807) is 19.4 Å². The molecule has 96 valence electrons. The Morgan fingerprint density at radius 1 is 1.33 bits per heavy atom. The standard InChI is InChI=1S/C13H17N3O2/c1-18-12-4-10-7-16(8-11(10)5-12)13(17)9-2-3-14-15-6-9/h2-3,6,10-12H,4-5,7-8H2,1H3/t10-,11+,12?. The van der Waals surface area contributed by atoms with E-state index in [4.69, 9.17) is 4.74 Å². The molecule has 1 saturated heterocycles. The Bertz CT molecular complexity index is 423. The van der Waals surface area contributed by atoms with Crippen LogP contribution in [0.5, 0.6) is 0 Å². The molecule has 1 aliphatic heterocycles. The van der Waals surface area contributed by atoms with E-state index < -0.39 is 0 Å². The van der Waals surface area contributed by atoms with Crippen LogP contribution in [0.3, 0.4) is 0 Å². The van der Waals surface area contributed by atoms with Gasteiger partial charge in [-0.25, -0.2) is 0 Å². The number of carbonyl (C=O) groups is 1.